The molecule has 2 N–H and O–H groups in total. The molecule has 5 heteroatoms. The predicted octanol–water partition coefficient (Wildman–Crippen LogP) is 3.14. The van der Waals surface area contributed by atoms with Gasteiger partial charge in [0.2, 0.25) is 0 Å². The Bertz CT molecular complexity index is 743. The highest BCUT2D eigenvalue weighted by atomic mass is 16.2. The van der Waals surface area contributed by atoms with Crippen LogP contribution in [0.25, 0.3) is 0 Å². The summed E-state index contributed by atoms with van der Waals surface area (Å²) in [7, 11) is 0. The predicted molar refractivity (Wildman–Crippen MR) is 99.0 cm³/mol. The molecular formula is C20H23N3O2. The molecule has 130 valence electrons. The molecule has 1 saturated heterocycles. The van der Waals surface area contributed by atoms with Crippen molar-refractivity contribution in [1.82, 2.24) is 10.6 Å². The van der Waals surface area contributed by atoms with Crippen molar-refractivity contribution in [2.24, 2.45) is 0 Å². The second-order valence-electron chi connectivity index (χ2n) is 6.39. The van der Waals surface area contributed by atoms with E-state index in [1.165, 1.54) is 5.56 Å². The maximum Gasteiger partial charge on any atom is 0.321 e. The fourth-order valence-electron chi connectivity index (χ4n) is 2.97. The van der Waals surface area contributed by atoms with Crippen molar-refractivity contribution in [3.05, 3.63) is 65.7 Å². The van der Waals surface area contributed by atoms with Gasteiger partial charge < -0.3 is 10.6 Å². The van der Waals surface area contributed by atoms with Gasteiger partial charge in [-0.1, -0.05) is 37.3 Å². The zero-order valence-corrected chi connectivity index (χ0v) is 14.5. The Morgan fingerprint density at radius 3 is 2.36 bits per heavy atom. The van der Waals surface area contributed by atoms with E-state index in [0.29, 0.717) is 18.7 Å². The van der Waals surface area contributed by atoms with Crippen molar-refractivity contribution in [2.45, 2.75) is 25.8 Å². The largest absolute Gasteiger partial charge is 0.349 e. The fraction of sp³-hybridized carbons (Fsp3) is 0.300. The number of hydrogen-bond donors (Lipinski definition) is 2. The van der Waals surface area contributed by atoms with Crippen molar-refractivity contribution in [2.75, 3.05) is 18.0 Å². The molecule has 2 aromatic rings. The Morgan fingerprint density at radius 2 is 1.76 bits per heavy atom. The Morgan fingerprint density at radius 1 is 1.08 bits per heavy atom. The van der Waals surface area contributed by atoms with Crippen LogP contribution in [-0.2, 0) is 0 Å². The minimum atomic E-state index is -0.104. The molecule has 25 heavy (non-hydrogen) atoms. The average molecular weight is 337 g/mol. The molecule has 0 radical (unpaired) electrons. The lowest BCUT2D eigenvalue weighted by Gasteiger charge is -2.22. The zero-order valence-electron chi connectivity index (χ0n) is 14.5. The summed E-state index contributed by atoms with van der Waals surface area (Å²) in [6, 6.07) is 17.2. The van der Waals surface area contributed by atoms with E-state index in [1.807, 2.05) is 37.3 Å². The van der Waals surface area contributed by atoms with Gasteiger partial charge >= 0.3 is 6.03 Å². The van der Waals surface area contributed by atoms with Gasteiger partial charge in [-0.15, -0.1) is 0 Å². The molecule has 5 nitrogen and oxygen atoms in total. The molecule has 0 saturated carbocycles. The lowest BCUT2D eigenvalue weighted by atomic mass is 9.94. The van der Waals surface area contributed by atoms with E-state index in [1.54, 1.807) is 17.0 Å². The van der Waals surface area contributed by atoms with Crippen LogP contribution in [0.2, 0.25) is 0 Å². The smallest absolute Gasteiger partial charge is 0.321 e. The lowest BCUT2D eigenvalue weighted by Crippen LogP contribution is -2.36. The zero-order chi connectivity index (χ0) is 17.8. The second kappa shape index (κ2) is 7.38. The number of nitrogens with one attached hydrogen (secondary N) is 2. The van der Waals surface area contributed by atoms with Gasteiger partial charge in [-0.25, -0.2) is 4.79 Å². The summed E-state index contributed by atoms with van der Waals surface area (Å²) in [5, 5.41) is 5.83. The van der Waals surface area contributed by atoms with E-state index < -0.39 is 0 Å². The minimum absolute atomic E-state index is 0.0129. The number of carbonyl (C=O) groups excluding carboxylic acids is 2. The average Bonchev–Trinajstić information content (AvgIpc) is 3.07. The van der Waals surface area contributed by atoms with Crippen molar-refractivity contribution in [3.8, 4) is 0 Å². The van der Waals surface area contributed by atoms with Gasteiger partial charge in [-0.05, 0) is 36.8 Å². The second-order valence-corrected chi connectivity index (χ2v) is 6.39. The highest BCUT2D eigenvalue weighted by molar-refractivity contribution is 5.97. The van der Waals surface area contributed by atoms with Crippen LogP contribution in [0.15, 0.2) is 54.6 Å². The van der Waals surface area contributed by atoms with Crippen LogP contribution in [0.4, 0.5) is 10.5 Å². The molecule has 3 rings (SSSR count). The molecular weight excluding hydrogens is 314 g/mol. The van der Waals surface area contributed by atoms with Gasteiger partial charge in [0.15, 0.2) is 0 Å². The molecule has 2 atom stereocenters. The standard InChI is InChI=1S/C20H23N3O2/c1-14(16-6-4-3-5-7-16)15(2)22-19(24)17-8-10-18(11-9-17)23-13-12-21-20(23)25/h3-11,14-15H,12-13H2,1-2H3,(H,21,25)(H,22,24)/t14-,15-/m0/s1. The van der Waals surface area contributed by atoms with Crippen molar-refractivity contribution < 1.29 is 9.59 Å². The Hall–Kier alpha value is -2.82. The van der Waals surface area contributed by atoms with Crippen LogP contribution in [0.3, 0.4) is 0 Å². The molecule has 0 unspecified atom stereocenters. The molecule has 1 aliphatic rings. The third-order valence-corrected chi connectivity index (χ3v) is 4.73. The van der Waals surface area contributed by atoms with Gasteiger partial charge in [0.1, 0.15) is 0 Å². The third kappa shape index (κ3) is 3.82. The fourth-order valence-corrected chi connectivity index (χ4v) is 2.97. The van der Waals surface area contributed by atoms with Gasteiger partial charge in [0, 0.05) is 36.3 Å². The van der Waals surface area contributed by atoms with Gasteiger partial charge in [-0.2, -0.15) is 0 Å². The minimum Gasteiger partial charge on any atom is -0.349 e. The molecule has 0 aliphatic carbocycles. The number of nitrogens with zero attached hydrogens (tertiary/aromatic N) is 1. The van der Waals surface area contributed by atoms with Crippen LogP contribution in [0, 0.1) is 0 Å². The van der Waals surface area contributed by atoms with Crippen LogP contribution in [0.5, 0.6) is 0 Å². The molecule has 1 fully saturated rings. The maximum atomic E-state index is 12.5. The molecule has 2 aromatic carbocycles. The normalized spacial score (nSPS) is 16.2. The number of carbonyl (C=O) groups is 2. The quantitative estimate of drug-likeness (QED) is 0.880. The third-order valence-electron chi connectivity index (χ3n) is 4.73. The number of amides is 3. The SMILES string of the molecule is C[C@H](NC(=O)c1ccc(N2CCNC2=O)cc1)[C@H](C)c1ccccc1. The number of benzene rings is 2. The molecule has 0 spiro atoms. The topological polar surface area (TPSA) is 61.4 Å². The lowest BCUT2D eigenvalue weighted by molar-refractivity contribution is 0.0935. The van der Waals surface area contributed by atoms with Crippen molar-refractivity contribution in [1.29, 1.82) is 0 Å². The number of hydrogen-bond acceptors (Lipinski definition) is 2. The van der Waals surface area contributed by atoms with E-state index in [4.69, 9.17) is 0 Å². The highest BCUT2D eigenvalue weighted by Crippen LogP contribution is 2.20. The monoisotopic (exact) mass is 337 g/mol. The van der Waals surface area contributed by atoms with Crippen LogP contribution in [-0.4, -0.2) is 31.1 Å². The Balaban J connectivity index is 1.64. The van der Waals surface area contributed by atoms with Crippen molar-refractivity contribution in [3.63, 3.8) is 0 Å². The summed E-state index contributed by atoms with van der Waals surface area (Å²) >= 11 is 0. The van der Waals surface area contributed by atoms with Gasteiger partial charge in [0.05, 0.1) is 0 Å². The number of rotatable bonds is 5. The van der Waals surface area contributed by atoms with Gasteiger partial charge in [0.25, 0.3) is 5.91 Å². The number of anilines is 1. The first kappa shape index (κ1) is 17.0. The van der Waals surface area contributed by atoms with E-state index in [9.17, 15) is 9.59 Å². The van der Waals surface area contributed by atoms with Crippen molar-refractivity contribution >= 4 is 17.6 Å². The van der Waals surface area contributed by atoms with E-state index >= 15 is 0 Å². The first-order valence-corrected chi connectivity index (χ1v) is 8.57. The summed E-state index contributed by atoms with van der Waals surface area (Å²) in [4.78, 5) is 25.8. The van der Waals surface area contributed by atoms with E-state index in [-0.39, 0.29) is 23.9 Å². The molecule has 1 heterocycles. The molecule has 0 bridgehead atoms. The van der Waals surface area contributed by atoms with Crippen LogP contribution < -0.4 is 15.5 Å². The Kier molecular flexibility index (Phi) is 5.03. The molecule has 3 amide bonds. The summed E-state index contributed by atoms with van der Waals surface area (Å²) in [6.07, 6.45) is 0. The summed E-state index contributed by atoms with van der Waals surface area (Å²) in [5.41, 5.74) is 2.60. The molecule has 1 aliphatic heterocycles. The Labute approximate surface area is 148 Å². The summed E-state index contributed by atoms with van der Waals surface area (Å²) in [5.74, 6) is 0.116. The van der Waals surface area contributed by atoms with Crippen LogP contribution >= 0.6 is 0 Å². The maximum absolute atomic E-state index is 12.5. The molecule has 0 aromatic heterocycles. The van der Waals surface area contributed by atoms with Gasteiger partial charge in [-0.3, -0.25) is 9.69 Å². The van der Waals surface area contributed by atoms with E-state index in [2.05, 4.69) is 29.7 Å². The first-order chi connectivity index (χ1) is 12.1. The summed E-state index contributed by atoms with van der Waals surface area (Å²) < 4.78 is 0. The van der Waals surface area contributed by atoms with E-state index in [0.717, 1.165) is 5.69 Å². The van der Waals surface area contributed by atoms with Crippen LogP contribution in [0.1, 0.15) is 35.7 Å². The highest BCUT2D eigenvalue weighted by Gasteiger charge is 2.21. The summed E-state index contributed by atoms with van der Waals surface area (Å²) in [6.45, 7) is 5.42. The first-order valence-electron chi connectivity index (χ1n) is 8.57. The number of urea groups is 1.